The van der Waals surface area contributed by atoms with Crippen molar-refractivity contribution in [2.45, 2.75) is 12.5 Å². The summed E-state index contributed by atoms with van der Waals surface area (Å²) >= 11 is 5.95. The number of aromatic nitrogens is 2. The first-order chi connectivity index (χ1) is 15.4. The zero-order valence-electron chi connectivity index (χ0n) is 17.3. The number of ether oxygens (including phenoxy) is 1. The highest BCUT2D eigenvalue weighted by Gasteiger charge is 2.25. The van der Waals surface area contributed by atoms with E-state index in [0.717, 1.165) is 32.1 Å². The number of imidazole rings is 1. The molecule has 0 bridgehead atoms. The fraction of sp³-hybridized carbons (Fsp3) is 0.333. The topological polar surface area (TPSA) is 100 Å². The van der Waals surface area contributed by atoms with Gasteiger partial charge in [-0.25, -0.2) is 18.8 Å². The van der Waals surface area contributed by atoms with Gasteiger partial charge in [0, 0.05) is 43.4 Å². The number of nitrogens with one attached hydrogen (secondary N) is 3. The first-order valence-corrected chi connectivity index (χ1v) is 10.4. The summed E-state index contributed by atoms with van der Waals surface area (Å²) in [5, 5.41) is 23.0. The van der Waals surface area contributed by atoms with Gasteiger partial charge >= 0.3 is 0 Å². The number of aromatic amines is 1. The fourth-order valence-corrected chi connectivity index (χ4v) is 3.96. The highest BCUT2D eigenvalue weighted by Crippen LogP contribution is 2.28. The number of fused-ring (bicyclic) bond motifs is 1. The van der Waals surface area contributed by atoms with E-state index in [2.05, 4.69) is 20.2 Å². The van der Waals surface area contributed by atoms with Gasteiger partial charge < -0.3 is 15.0 Å². The standard InChI is InChI=1S/C21H23ClF2N6O2/c1-32-8-7-29-6-5-13(11-29)26-21-27-18-15(10-16(23)17(24)19(18)28-21)20(25)30(31)14-4-2-3-12(22)9-14/h2-4,9-10,13,25,31H,5-8,11H2,1H3,(H2,26,27,28)/t13-/m1/s1. The zero-order valence-corrected chi connectivity index (χ0v) is 18.1. The number of hydrogen-bond donors (Lipinski definition) is 4. The molecule has 8 nitrogen and oxygen atoms in total. The second-order valence-corrected chi connectivity index (χ2v) is 8.03. The molecule has 1 fully saturated rings. The molecule has 2 heterocycles. The predicted octanol–water partition coefficient (Wildman–Crippen LogP) is 3.85. The van der Waals surface area contributed by atoms with E-state index < -0.39 is 17.5 Å². The van der Waals surface area contributed by atoms with E-state index >= 15 is 0 Å². The minimum Gasteiger partial charge on any atom is -0.383 e. The zero-order chi connectivity index (χ0) is 22.8. The summed E-state index contributed by atoms with van der Waals surface area (Å²) in [4.78, 5) is 9.35. The number of rotatable bonds is 7. The van der Waals surface area contributed by atoms with Crippen molar-refractivity contribution in [3.8, 4) is 0 Å². The Labute approximate surface area is 188 Å². The Morgan fingerprint density at radius 3 is 3.00 bits per heavy atom. The second kappa shape index (κ2) is 9.37. The van der Waals surface area contributed by atoms with Gasteiger partial charge in [0.15, 0.2) is 17.5 Å². The number of amidine groups is 1. The summed E-state index contributed by atoms with van der Waals surface area (Å²) in [6.07, 6.45) is 0.861. The van der Waals surface area contributed by atoms with Gasteiger partial charge in [-0.2, -0.15) is 0 Å². The monoisotopic (exact) mass is 464 g/mol. The number of H-pyrrole nitrogens is 1. The van der Waals surface area contributed by atoms with Crippen molar-refractivity contribution >= 4 is 40.1 Å². The molecule has 1 aliphatic heterocycles. The Morgan fingerprint density at radius 1 is 1.44 bits per heavy atom. The smallest absolute Gasteiger partial charge is 0.201 e. The molecule has 170 valence electrons. The molecular formula is C21H23ClF2N6O2. The minimum atomic E-state index is -1.17. The molecule has 0 aliphatic carbocycles. The van der Waals surface area contributed by atoms with Gasteiger partial charge in [0.2, 0.25) is 5.95 Å². The van der Waals surface area contributed by atoms with E-state index in [4.69, 9.17) is 21.7 Å². The van der Waals surface area contributed by atoms with Gasteiger partial charge in [-0.3, -0.25) is 15.5 Å². The lowest BCUT2D eigenvalue weighted by Crippen LogP contribution is -2.29. The van der Waals surface area contributed by atoms with Crippen LogP contribution in [0.1, 0.15) is 12.0 Å². The van der Waals surface area contributed by atoms with Crippen molar-refractivity contribution in [2.75, 3.05) is 43.7 Å². The van der Waals surface area contributed by atoms with E-state index in [1.54, 1.807) is 19.2 Å². The molecule has 3 aromatic rings. The van der Waals surface area contributed by atoms with Gasteiger partial charge in [0.25, 0.3) is 0 Å². The molecule has 4 rings (SSSR count). The summed E-state index contributed by atoms with van der Waals surface area (Å²) in [7, 11) is 1.66. The Balaban J connectivity index is 1.61. The van der Waals surface area contributed by atoms with Crippen LogP contribution in [0.5, 0.6) is 0 Å². The Kier molecular flexibility index (Phi) is 6.56. The third-order valence-electron chi connectivity index (χ3n) is 5.41. The molecule has 1 atom stereocenters. The normalized spacial score (nSPS) is 16.6. The minimum absolute atomic E-state index is 0.0462. The number of anilines is 2. The molecule has 0 radical (unpaired) electrons. The van der Waals surface area contributed by atoms with Crippen LogP contribution in [0.3, 0.4) is 0 Å². The van der Waals surface area contributed by atoms with Crippen molar-refractivity contribution in [2.24, 2.45) is 0 Å². The van der Waals surface area contributed by atoms with Crippen LogP contribution in [0.2, 0.25) is 5.02 Å². The number of hydroxylamine groups is 1. The number of benzene rings is 2. The van der Waals surface area contributed by atoms with Crippen molar-refractivity contribution in [1.29, 1.82) is 5.41 Å². The average molecular weight is 465 g/mol. The number of hydrogen-bond acceptors (Lipinski definition) is 6. The van der Waals surface area contributed by atoms with E-state index in [1.807, 2.05) is 0 Å². The highest BCUT2D eigenvalue weighted by molar-refractivity contribution is 6.31. The van der Waals surface area contributed by atoms with Gasteiger partial charge in [0.1, 0.15) is 5.52 Å². The Hall–Kier alpha value is -2.79. The molecule has 1 aromatic heterocycles. The van der Waals surface area contributed by atoms with Crippen LogP contribution in [-0.2, 0) is 4.74 Å². The third-order valence-corrected chi connectivity index (χ3v) is 5.64. The molecule has 0 saturated carbocycles. The van der Waals surface area contributed by atoms with E-state index in [1.165, 1.54) is 12.1 Å². The summed E-state index contributed by atoms with van der Waals surface area (Å²) in [6.45, 7) is 3.10. The fourth-order valence-electron chi connectivity index (χ4n) is 3.78. The maximum absolute atomic E-state index is 14.5. The molecule has 0 amide bonds. The first-order valence-electron chi connectivity index (χ1n) is 10.1. The SMILES string of the molecule is COCCN1CC[C@@H](Nc2nc3c(F)c(F)cc(C(=N)N(O)c4cccc(Cl)c4)c3[nH]2)C1. The van der Waals surface area contributed by atoms with Gasteiger partial charge in [-0.15, -0.1) is 0 Å². The van der Waals surface area contributed by atoms with Crippen LogP contribution >= 0.6 is 11.6 Å². The van der Waals surface area contributed by atoms with Crippen molar-refractivity contribution < 1.29 is 18.7 Å². The molecule has 11 heteroatoms. The summed E-state index contributed by atoms with van der Waals surface area (Å²) in [5.41, 5.74) is 0.0168. The third kappa shape index (κ3) is 4.53. The average Bonchev–Trinajstić information content (AvgIpc) is 3.41. The lowest BCUT2D eigenvalue weighted by atomic mass is 10.1. The predicted molar refractivity (Wildman–Crippen MR) is 119 cm³/mol. The largest absolute Gasteiger partial charge is 0.383 e. The second-order valence-electron chi connectivity index (χ2n) is 7.59. The summed E-state index contributed by atoms with van der Waals surface area (Å²) < 4.78 is 33.9. The Morgan fingerprint density at radius 2 is 2.25 bits per heavy atom. The molecule has 32 heavy (non-hydrogen) atoms. The number of likely N-dealkylation sites (tertiary alicyclic amines) is 1. The number of methoxy groups -OCH3 is 1. The molecule has 0 spiro atoms. The maximum Gasteiger partial charge on any atom is 0.201 e. The van der Waals surface area contributed by atoms with Crippen LogP contribution in [0.15, 0.2) is 30.3 Å². The molecule has 1 saturated heterocycles. The molecule has 0 unspecified atom stereocenters. The lowest BCUT2D eigenvalue weighted by Gasteiger charge is -2.18. The van der Waals surface area contributed by atoms with Crippen LogP contribution in [0, 0.1) is 17.0 Å². The Bertz CT molecular complexity index is 1140. The van der Waals surface area contributed by atoms with Crippen LogP contribution in [0.25, 0.3) is 11.0 Å². The van der Waals surface area contributed by atoms with Crippen molar-refractivity contribution in [1.82, 2.24) is 14.9 Å². The van der Waals surface area contributed by atoms with Crippen LogP contribution < -0.4 is 10.4 Å². The molecule has 4 N–H and O–H groups in total. The van der Waals surface area contributed by atoms with Crippen LogP contribution in [0.4, 0.5) is 20.4 Å². The quantitative estimate of drug-likeness (QED) is 0.241. The lowest BCUT2D eigenvalue weighted by molar-refractivity contribution is 0.160. The van der Waals surface area contributed by atoms with Gasteiger partial charge in [-0.1, -0.05) is 17.7 Å². The maximum atomic E-state index is 14.5. The van der Waals surface area contributed by atoms with E-state index in [-0.39, 0.29) is 34.3 Å². The first kappa shape index (κ1) is 22.4. The van der Waals surface area contributed by atoms with E-state index in [0.29, 0.717) is 16.7 Å². The van der Waals surface area contributed by atoms with Gasteiger partial charge in [0.05, 0.1) is 17.8 Å². The molecular weight excluding hydrogens is 442 g/mol. The number of nitrogens with zero attached hydrogens (tertiary/aromatic N) is 3. The number of halogens is 3. The van der Waals surface area contributed by atoms with Crippen LogP contribution in [-0.4, -0.2) is 65.3 Å². The molecule has 1 aliphatic rings. The van der Waals surface area contributed by atoms with Crippen molar-refractivity contribution in [3.05, 3.63) is 52.6 Å². The summed E-state index contributed by atoms with van der Waals surface area (Å²) in [6, 6.07) is 7.13. The highest BCUT2D eigenvalue weighted by atomic mass is 35.5. The van der Waals surface area contributed by atoms with E-state index in [9.17, 15) is 14.0 Å². The van der Waals surface area contributed by atoms with Crippen molar-refractivity contribution in [3.63, 3.8) is 0 Å². The summed E-state index contributed by atoms with van der Waals surface area (Å²) in [5.74, 6) is -2.48. The molecule has 2 aromatic carbocycles. The van der Waals surface area contributed by atoms with Gasteiger partial charge in [-0.05, 0) is 30.7 Å².